The molecule has 0 bridgehead atoms. The predicted octanol–water partition coefficient (Wildman–Crippen LogP) is 4.61. The standard InChI is InChI=1S/C25H30BrNO6/c1-16(23(29)27-17(2)22(33-24(27)30)18-8-4-3-5-9-18)21(28)15-25(31-12-13-32-25)14-19-10-6-7-11-20(19)26/h3-5,8-9,11,14,16-17,21-22,28H,6-7,10,12-13,15H2,1-2H3/b19-14+/t16-,17-,21+,22-/m1/s1. The SMILES string of the molecule is C[C@@H]1[C@H](c2ccccc2)OC(=O)N1C(=O)[C@H](C)[C@@H](O)CC1(/C=C2\CCCC=C2Br)OCCO1. The van der Waals surface area contributed by atoms with Crippen LogP contribution in [0.1, 0.15) is 51.2 Å². The first-order valence-electron chi connectivity index (χ1n) is 11.4. The van der Waals surface area contributed by atoms with Gasteiger partial charge in [-0.25, -0.2) is 9.69 Å². The van der Waals surface area contributed by atoms with Crippen LogP contribution < -0.4 is 0 Å². The number of allylic oxidation sites excluding steroid dienone is 3. The number of amides is 2. The number of aliphatic hydroxyl groups is 1. The molecule has 2 amide bonds. The Kier molecular flexibility index (Phi) is 7.38. The van der Waals surface area contributed by atoms with E-state index in [4.69, 9.17) is 14.2 Å². The topological polar surface area (TPSA) is 85.3 Å². The highest BCUT2D eigenvalue weighted by Crippen LogP contribution is 2.37. The summed E-state index contributed by atoms with van der Waals surface area (Å²) in [7, 11) is 0. The van der Waals surface area contributed by atoms with Crippen LogP contribution in [0, 0.1) is 5.92 Å². The summed E-state index contributed by atoms with van der Waals surface area (Å²) in [4.78, 5) is 26.9. The van der Waals surface area contributed by atoms with Crippen molar-refractivity contribution < 1.29 is 28.9 Å². The molecular weight excluding hydrogens is 490 g/mol. The minimum Gasteiger partial charge on any atom is -0.439 e. The fourth-order valence-electron chi connectivity index (χ4n) is 4.61. The number of carbonyl (C=O) groups is 2. The maximum atomic E-state index is 13.3. The summed E-state index contributed by atoms with van der Waals surface area (Å²) < 4.78 is 18.3. The van der Waals surface area contributed by atoms with E-state index < -0.39 is 42.0 Å². The highest BCUT2D eigenvalue weighted by atomic mass is 79.9. The van der Waals surface area contributed by atoms with Crippen molar-refractivity contribution in [3.63, 3.8) is 0 Å². The first kappa shape index (κ1) is 24.1. The Morgan fingerprint density at radius 2 is 2.00 bits per heavy atom. The minimum absolute atomic E-state index is 0.0864. The Bertz CT molecular complexity index is 939. The van der Waals surface area contributed by atoms with E-state index in [1.54, 1.807) is 13.8 Å². The lowest BCUT2D eigenvalue weighted by Crippen LogP contribution is -2.46. The number of halogens is 1. The number of carbonyl (C=O) groups excluding carboxylic acids is 2. The average molecular weight is 520 g/mol. The van der Waals surface area contributed by atoms with Crippen molar-refractivity contribution in [1.82, 2.24) is 4.90 Å². The normalized spacial score (nSPS) is 27.9. The van der Waals surface area contributed by atoms with Crippen molar-refractivity contribution in [1.29, 1.82) is 0 Å². The summed E-state index contributed by atoms with van der Waals surface area (Å²) >= 11 is 3.59. The number of aliphatic hydroxyl groups excluding tert-OH is 1. The first-order chi connectivity index (χ1) is 15.8. The van der Waals surface area contributed by atoms with E-state index in [9.17, 15) is 14.7 Å². The van der Waals surface area contributed by atoms with Gasteiger partial charge in [-0.1, -0.05) is 59.3 Å². The van der Waals surface area contributed by atoms with Crippen LogP contribution in [0.5, 0.6) is 0 Å². The van der Waals surface area contributed by atoms with Gasteiger partial charge in [0.2, 0.25) is 5.91 Å². The average Bonchev–Trinajstić information content (AvgIpc) is 3.38. The molecule has 1 aromatic rings. The maximum Gasteiger partial charge on any atom is 0.417 e. The Balaban J connectivity index is 1.48. The zero-order valence-corrected chi connectivity index (χ0v) is 20.5. The number of imide groups is 1. The molecule has 2 saturated heterocycles. The van der Waals surface area contributed by atoms with Gasteiger partial charge in [0.15, 0.2) is 5.79 Å². The third-order valence-electron chi connectivity index (χ3n) is 6.55. The molecule has 0 aromatic heterocycles. The van der Waals surface area contributed by atoms with Gasteiger partial charge >= 0.3 is 6.09 Å². The van der Waals surface area contributed by atoms with Crippen LogP contribution in [-0.2, 0) is 19.0 Å². The number of rotatable bonds is 6. The van der Waals surface area contributed by atoms with Crippen LogP contribution in [0.4, 0.5) is 4.79 Å². The lowest BCUT2D eigenvalue weighted by atomic mass is 9.92. The summed E-state index contributed by atoms with van der Waals surface area (Å²) in [6.45, 7) is 4.22. The molecule has 7 nitrogen and oxygen atoms in total. The molecule has 1 aromatic carbocycles. The highest BCUT2D eigenvalue weighted by molar-refractivity contribution is 9.12. The lowest BCUT2D eigenvalue weighted by Gasteiger charge is -2.31. The second-order valence-corrected chi connectivity index (χ2v) is 9.70. The fraction of sp³-hybridized carbons (Fsp3) is 0.520. The molecule has 2 fully saturated rings. The van der Waals surface area contributed by atoms with E-state index in [2.05, 4.69) is 22.0 Å². The van der Waals surface area contributed by atoms with Gasteiger partial charge in [-0.3, -0.25) is 4.79 Å². The quantitative estimate of drug-likeness (QED) is 0.590. The van der Waals surface area contributed by atoms with Crippen molar-refractivity contribution >= 4 is 27.9 Å². The summed E-state index contributed by atoms with van der Waals surface area (Å²) in [5.41, 5.74) is 1.89. The van der Waals surface area contributed by atoms with E-state index in [-0.39, 0.29) is 6.42 Å². The molecule has 8 heteroatoms. The third kappa shape index (κ3) is 5.09. The van der Waals surface area contributed by atoms with E-state index in [0.29, 0.717) is 13.2 Å². The van der Waals surface area contributed by atoms with Crippen LogP contribution in [-0.4, -0.2) is 53.2 Å². The molecular formula is C25H30BrNO6. The number of benzene rings is 1. The molecule has 1 N–H and O–H groups in total. The van der Waals surface area contributed by atoms with Gasteiger partial charge in [0.05, 0.1) is 31.3 Å². The van der Waals surface area contributed by atoms with Gasteiger partial charge in [-0.05, 0) is 43.4 Å². The monoisotopic (exact) mass is 519 g/mol. The largest absolute Gasteiger partial charge is 0.439 e. The molecule has 1 aliphatic carbocycles. The minimum atomic E-state index is -1.10. The Labute approximate surface area is 202 Å². The van der Waals surface area contributed by atoms with Crippen molar-refractivity contribution in [2.24, 2.45) is 5.92 Å². The number of hydrogen-bond acceptors (Lipinski definition) is 6. The number of nitrogens with zero attached hydrogens (tertiary/aromatic N) is 1. The van der Waals surface area contributed by atoms with Crippen LogP contribution in [0.15, 0.2) is 52.5 Å². The van der Waals surface area contributed by atoms with Crippen molar-refractivity contribution in [2.75, 3.05) is 13.2 Å². The zero-order valence-electron chi connectivity index (χ0n) is 18.9. The number of hydrogen-bond donors (Lipinski definition) is 1. The van der Waals surface area contributed by atoms with E-state index in [0.717, 1.165) is 39.8 Å². The van der Waals surface area contributed by atoms with Gasteiger partial charge < -0.3 is 19.3 Å². The molecule has 0 saturated carbocycles. The molecule has 178 valence electrons. The van der Waals surface area contributed by atoms with Crippen molar-refractivity contribution in [3.8, 4) is 0 Å². The molecule has 2 aliphatic heterocycles. The van der Waals surface area contributed by atoms with E-state index in [1.165, 1.54) is 0 Å². The van der Waals surface area contributed by atoms with Gasteiger partial charge in [-0.2, -0.15) is 0 Å². The molecule has 2 heterocycles. The maximum absolute atomic E-state index is 13.3. The number of ether oxygens (including phenoxy) is 3. The number of cyclic esters (lactones) is 1. The second-order valence-electron chi connectivity index (χ2n) is 8.85. The molecule has 33 heavy (non-hydrogen) atoms. The fourth-order valence-corrected chi connectivity index (χ4v) is 5.15. The van der Waals surface area contributed by atoms with Gasteiger partial charge in [0.1, 0.15) is 6.10 Å². The summed E-state index contributed by atoms with van der Waals surface area (Å²) in [6.07, 6.45) is 4.73. The van der Waals surface area contributed by atoms with E-state index >= 15 is 0 Å². The second kappa shape index (κ2) is 10.1. The van der Waals surface area contributed by atoms with Crippen LogP contribution >= 0.6 is 15.9 Å². The molecule has 3 aliphatic rings. The molecule has 4 rings (SSSR count). The zero-order chi connectivity index (χ0) is 23.6. The summed E-state index contributed by atoms with van der Waals surface area (Å²) in [5, 5.41) is 11.0. The van der Waals surface area contributed by atoms with Gasteiger partial charge in [0.25, 0.3) is 0 Å². The van der Waals surface area contributed by atoms with Crippen LogP contribution in [0.25, 0.3) is 0 Å². The highest BCUT2D eigenvalue weighted by Gasteiger charge is 2.47. The lowest BCUT2D eigenvalue weighted by molar-refractivity contribution is -0.153. The van der Waals surface area contributed by atoms with Crippen LogP contribution in [0.3, 0.4) is 0 Å². The Morgan fingerprint density at radius 1 is 1.30 bits per heavy atom. The first-order valence-corrected chi connectivity index (χ1v) is 12.2. The van der Waals surface area contributed by atoms with Crippen molar-refractivity contribution in [2.45, 2.75) is 63.6 Å². The third-order valence-corrected chi connectivity index (χ3v) is 7.38. The Hall–Kier alpha value is -2.00. The molecule has 0 spiro atoms. The molecule has 0 unspecified atom stereocenters. The molecule has 4 atom stereocenters. The smallest absolute Gasteiger partial charge is 0.417 e. The summed E-state index contributed by atoms with van der Waals surface area (Å²) in [6, 6.07) is 8.85. The van der Waals surface area contributed by atoms with Gasteiger partial charge in [0, 0.05) is 10.9 Å². The van der Waals surface area contributed by atoms with E-state index in [1.807, 2.05) is 36.4 Å². The predicted molar refractivity (Wildman–Crippen MR) is 125 cm³/mol. The Morgan fingerprint density at radius 3 is 2.67 bits per heavy atom. The summed E-state index contributed by atoms with van der Waals surface area (Å²) in [5.74, 6) is -2.42. The molecule has 0 radical (unpaired) electrons. The van der Waals surface area contributed by atoms with Gasteiger partial charge in [-0.15, -0.1) is 0 Å². The van der Waals surface area contributed by atoms with Crippen molar-refractivity contribution in [3.05, 3.63) is 58.1 Å². The van der Waals surface area contributed by atoms with Crippen LogP contribution in [0.2, 0.25) is 0 Å².